The van der Waals surface area contributed by atoms with Crippen molar-refractivity contribution in [1.29, 1.82) is 0 Å². The smallest absolute Gasteiger partial charge is 0.458 e. The van der Waals surface area contributed by atoms with E-state index in [2.05, 4.69) is 46.8 Å². The molecule has 0 aliphatic carbocycles. The highest BCUT2D eigenvalue weighted by Gasteiger charge is 2.56. The van der Waals surface area contributed by atoms with Crippen molar-refractivity contribution in [2.75, 3.05) is 21.3 Å². The molecular weight excluding hydrogens is 462 g/mol. The SMILES string of the molecule is CO[Si](OC)(OC)C(C)(C)CC(C)(C)OC(=O)C(C)ON(C(c1ccccc1)C(C)C)C(C)(C)C. The lowest BCUT2D eigenvalue weighted by Crippen LogP contribution is -2.54. The Labute approximate surface area is 214 Å². The molecule has 202 valence electrons. The molecule has 1 aromatic carbocycles. The van der Waals surface area contributed by atoms with E-state index in [0.717, 1.165) is 5.56 Å². The van der Waals surface area contributed by atoms with Gasteiger partial charge in [0.2, 0.25) is 0 Å². The first-order chi connectivity index (χ1) is 16.0. The zero-order valence-corrected chi connectivity index (χ0v) is 25.2. The van der Waals surface area contributed by atoms with E-state index in [1.807, 2.05) is 51.0 Å². The lowest BCUT2D eigenvalue weighted by atomic mass is 9.92. The van der Waals surface area contributed by atoms with Crippen LogP contribution in [0.3, 0.4) is 0 Å². The van der Waals surface area contributed by atoms with Gasteiger partial charge in [0.1, 0.15) is 5.60 Å². The Kier molecular flexibility index (Phi) is 11.2. The first kappa shape index (κ1) is 31.7. The predicted molar refractivity (Wildman–Crippen MR) is 142 cm³/mol. The number of hydroxylamine groups is 2. The van der Waals surface area contributed by atoms with Crippen LogP contribution in [0.5, 0.6) is 0 Å². The van der Waals surface area contributed by atoms with Crippen molar-refractivity contribution in [3.8, 4) is 0 Å². The summed E-state index contributed by atoms with van der Waals surface area (Å²) in [6.45, 7) is 20.1. The second-order valence-electron chi connectivity index (χ2n) is 11.8. The lowest BCUT2D eigenvalue weighted by molar-refractivity contribution is -0.273. The second kappa shape index (κ2) is 12.3. The van der Waals surface area contributed by atoms with Crippen LogP contribution in [0.1, 0.15) is 87.3 Å². The van der Waals surface area contributed by atoms with Gasteiger partial charge in [0, 0.05) is 31.9 Å². The van der Waals surface area contributed by atoms with Crippen LogP contribution in [-0.4, -0.2) is 58.4 Å². The van der Waals surface area contributed by atoms with Gasteiger partial charge in [0.15, 0.2) is 6.10 Å². The number of benzene rings is 1. The molecule has 1 rings (SSSR count). The molecule has 8 heteroatoms. The molecule has 0 heterocycles. The zero-order valence-electron chi connectivity index (χ0n) is 24.2. The number of nitrogens with zero attached hydrogens (tertiary/aromatic N) is 1. The van der Waals surface area contributed by atoms with Gasteiger partial charge < -0.3 is 18.0 Å². The Morgan fingerprint density at radius 1 is 0.886 bits per heavy atom. The molecule has 0 aromatic heterocycles. The molecule has 0 spiro atoms. The van der Waals surface area contributed by atoms with Gasteiger partial charge in [0.25, 0.3) is 0 Å². The zero-order chi connectivity index (χ0) is 27.2. The van der Waals surface area contributed by atoms with E-state index in [9.17, 15) is 4.79 Å². The molecule has 0 amide bonds. The van der Waals surface area contributed by atoms with E-state index in [1.54, 1.807) is 28.3 Å². The van der Waals surface area contributed by atoms with Crippen molar-refractivity contribution in [1.82, 2.24) is 5.06 Å². The summed E-state index contributed by atoms with van der Waals surface area (Å²) in [6.07, 6.45) is -0.308. The molecule has 0 N–H and O–H groups in total. The fraction of sp³-hybridized carbons (Fsp3) is 0.741. The Bertz CT molecular complexity index is 778. The van der Waals surface area contributed by atoms with Crippen molar-refractivity contribution in [2.24, 2.45) is 5.92 Å². The molecule has 0 aliphatic rings. The van der Waals surface area contributed by atoms with Crippen molar-refractivity contribution in [3.63, 3.8) is 0 Å². The van der Waals surface area contributed by atoms with Gasteiger partial charge in [-0.3, -0.25) is 4.84 Å². The largest absolute Gasteiger partial charge is 0.506 e. The Morgan fingerprint density at radius 2 is 1.37 bits per heavy atom. The standard InChI is InChI=1S/C27H49NO6Si/c1-20(2)23(22-17-15-14-16-18-22)28(25(4,5)6)34-21(3)24(29)33-26(7,8)19-27(9,10)35(30-11,31-12)32-13/h14-18,20-21,23H,19H2,1-13H3. The van der Waals surface area contributed by atoms with E-state index in [0.29, 0.717) is 6.42 Å². The number of ether oxygens (including phenoxy) is 1. The van der Waals surface area contributed by atoms with Gasteiger partial charge in [-0.25, -0.2) is 4.79 Å². The summed E-state index contributed by atoms with van der Waals surface area (Å²) in [5.41, 5.74) is -0.00697. The van der Waals surface area contributed by atoms with Gasteiger partial charge in [-0.05, 0) is 59.4 Å². The number of esters is 1. The van der Waals surface area contributed by atoms with Crippen molar-refractivity contribution < 1.29 is 27.6 Å². The van der Waals surface area contributed by atoms with Gasteiger partial charge in [-0.1, -0.05) is 58.0 Å². The maximum absolute atomic E-state index is 13.2. The number of carbonyl (C=O) groups is 1. The molecule has 0 fully saturated rings. The molecule has 2 unspecified atom stereocenters. The highest BCUT2D eigenvalue weighted by atomic mass is 28.4. The summed E-state index contributed by atoms with van der Waals surface area (Å²) in [4.78, 5) is 19.6. The fourth-order valence-corrected chi connectivity index (χ4v) is 7.74. The maximum atomic E-state index is 13.2. The highest BCUT2D eigenvalue weighted by molar-refractivity contribution is 6.64. The van der Waals surface area contributed by atoms with E-state index in [-0.39, 0.29) is 17.5 Å². The topological polar surface area (TPSA) is 66.5 Å². The minimum absolute atomic E-state index is 0.0323. The minimum atomic E-state index is -2.98. The molecule has 0 saturated heterocycles. The van der Waals surface area contributed by atoms with E-state index < -0.39 is 31.5 Å². The van der Waals surface area contributed by atoms with Crippen LogP contribution in [0.4, 0.5) is 0 Å². The van der Waals surface area contributed by atoms with Crippen LogP contribution < -0.4 is 0 Å². The Hall–Kier alpha value is -1.29. The van der Waals surface area contributed by atoms with Crippen molar-refractivity contribution >= 4 is 14.8 Å². The third-order valence-corrected chi connectivity index (χ3v) is 9.62. The predicted octanol–water partition coefficient (Wildman–Crippen LogP) is 6.17. The van der Waals surface area contributed by atoms with E-state index in [4.69, 9.17) is 22.9 Å². The normalized spacial score (nSPS) is 15.4. The lowest BCUT2D eigenvalue weighted by Gasteiger charge is -2.44. The average Bonchev–Trinajstić information content (AvgIpc) is 2.73. The molecule has 7 nitrogen and oxygen atoms in total. The molecule has 2 atom stereocenters. The number of hydrogen-bond acceptors (Lipinski definition) is 7. The second-order valence-corrected chi connectivity index (χ2v) is 15.4. The number of carbonyl (C=O) groups excluding carboxylic acids is 1. The first-order valence-electron chi connectivity index (χ1n) is 12.4. The van der Waals surface area contributed by atoms with Gasteiger partial charge in [0.05, 0.1) is 6.04 Å². The summed E-state index contributed by atoms with van der Waals surface area (Å²) >= 11 is 0. The summed E-state index contributed by atoms with van der Waals surface area (Å²) in [7, 11) is 1.80. The quantitative estimate of drug-likeness (QED) is 0.178. The molecule has 35 heavy (non-hydrogen) atoms. The summed E-state index contributed by atoms with van der Waals surface area (Å²) in [5, 5.41) is 1.45. The third kappa shape index (κ3) is 8.10. The summed E-state index contributed by atoms with van der Waals surface area (Å²) < 4.78 is 23.1. The van der Waals surface area contributed by atoms with Gasteiger partial charge in [-0.2, -0.15) is 5.06 Å². The van der Waals surface area contributed by atoms with E-state index >= 15 is 0 Å². The van der Waals surface area contributed by atoms with Crippen molar-refractivity contribution in [2.45, 2.75) is 104 Å². The van der Waals surface area contributed by atoms with Gasteiger partial charge >= 0.3 is 14.8 Å². The number of rotatable bonds is 13. The first-order valence-corrected chi connectivity index (χ1v) is 14.1. The Balaban J connectivity index is 3.10. The monoisotopic (exact) mass is 511 g/mol. The van der Waals surface area contributed by atoms with Crippen LogP contribution in [0.2, 0.25) is 5.04 Å². The van der Waals surface area contributed by atoms with Crippen LogP contribution in [0, 0.1) is 5.92 Å². The molecule has 0 radical (unpaired) electrons. The molecule has 1 aromatic rings. The van der Waals surface area contributed by atoms with E-state index in [1.165, 1.54) is 0 Å². The third-order valence-electron chi connectivity index (χ3n) is 6.17. The number of hydrogen-bond donors (Lipinski definition) is 0. The minimum Gasteiger partial charge on any atom is -0.458 e. The summed E-state index contributed by atoms with van der Waals surface area (Å²) in [5.74, 6) is -0.164. The molecule has 0 aliphatic heterocycles. The fourth-order valence-electron chi connectivity index (χ4n) is 4.94. The average molecular weight is 512 g/mol. The van der Waals surface area contributed by atoms with Crippen LogP contribution in [-0.2, 0) is 27.6 Å². The molecular formula is C27H49NO6Si. The Morgan fingerprint density at radius 3 is 1.77 bits per heavy atom. The highest BCUT2D eigenvalue weighted by Crippen LogP contribution is 2.46. The molecule has 0 saturated carbocycles. The molecule has 0 bridgehead atoms. The maximum Gasteiger partial charge on any atom is 0.506 e. The van der Waals surface area contributed by atoms with Crippen molar-refractivity contribution in [3.05, 3.63) is 35.9 Å². The van der Waals surface area contributed by atoms with Crippen LogP contribution in [0.15, 0.2) is 30.3 Å². The van der Waals surface area contributed by atoms with Crippen LogP contribution in [0.25, 0.3) is 0 Å². The van der Waals surface area contributed by atoms with Gasteiger partial charge in [-0.15, -0.1) is 0 Å². The van der Waals surface area contributed by atoms with Crippen LogP contribution >= 0.6 is 0 Å². The summed E-state index contributed by atoms with van der Waals surface area (Å²) in [6, 6.07) is 10.2.